The molecule has 0 saturated carbocycles. The number of hydrogen-bond acceptors (Lipinski definition) is 11. The van der Waals surface area contributed by atoms with Gasteiger partial charge in [-0.25, -0.2) is 0 Å². The molecule has 0 aromatic heterocycles. The Morgan fingerprint density at radius 3 is 1.66 bits per heavy atom. The lowest BCUT2D eigenvalue weighted by Gasteiger charge is -2.48. The lowest BCUT2D eigenvalue weighted by molar-refractivity contribution is -0.348. The molecular weight excluding hydrogens is 390 g/mol. The maximum Gasteiger partial charge on any atom is 0.187 e. The van der Waals surface area contributed by atoms with Crippen molar-refractivity contribution in [1.29, 1.82) is 0 Å². The fraction of sp³-hybridized carbons (Fsp3) is 1.00. The summed E-state index contributed by atoms with van der Waals surface area (Å²) in [6.45, 7) is 0.456. The van der Waals surface area contributed by atoms with E-state index in [9.17, 15) is 5.11 Å². The number of methoxy groups -OCH3 is 6. The molecule has 172 valence electrons. The molecule has 0 aliphatic carbocycles. The summed E-state index contributed by atoms with van der Waals surface area (Å²) < 4.78 is 50.6. The SMILES string of the molecule is COCC1O[C@@H](O)C(N)C(OC2OC(COC)[C@H](OC)C(OC)C2OC)[C@@H]1OC. The number of nitrogens with two attached hydrogens (primary N) is 1. The summed E-state index contributed by atoms with van der Waals surface area (Å²) in [5.74, 6) is 0. The van der Waals surface area contributed by atoms with Gasteiger partial charge in [-0.2, -0.15) is 0 Å². The van der Waals surface area contributed by atoms with Gasteiger partial charge in [-0.15, -0.1) is 0 Å². The maximum atomic E-state index is 10.3. The van der Waals surface area contributed by atoms with E-state index in [1.807, 2.05) is 0 Å². The average molecular weight is 425 g/mol. The first-order valence-corrected chi connectivity index (χ1v) is 9.46. The second-order valence-corrected chi connectivity index (χ2v) is 7.00. The van der Waals surface area contributed by atoms with E-state index in [0.717, 1.165) is 0 Å². The summed E-state index contributed by atoms with van der Waals surface area (Å²) in [7, 11) is 9.27. The van der Waals surface area contributed by atoms with Crippen molar-refractivity contribution < 1.29 is 47.7 Å². The summed E-state index contributed by atoms with van der Waals surface area (Å²) in [6.07, 6.45) is -6.07. The minimum Gasteiger partial charge on any atom is -0.382 e. The Balaban J connectivity index is 2.26. The summed E-state index contributed by atoms with van der Waals surface area (Å²) >= 11 is 0. The normalized spacial score (nSPS) is 43.4. The van der Waals surface area contributed by atoms with Crippen LogP contribution in [0, 0.1) is 0 Å². The topological polar surface area (TPSA) is 129 Å². The van der Waals surface area contributed by atoms with Gasteiger partial charge in [0.1, 0.15) is 42.7 Å². The summed E-state index contributed by atoms with van der Waals surface area (Å²) in [4.78, 5) is 0. The Bertz CT molecular complexity index is 472. The average Bonchev–Trinajstić information content (AvgIpc) is 2.71. The number of aliphatic hydroxyl groups is 1. The molecule has 0 spiro atoms. The number of hydrogen-bond donors (Lipinski definition) is 2. The molecule has 0 amide bonds. The fourth-order valence-corrected chi connectivity index (χ4v) is 3.94. The molecule has 0 aromatic rings. The van der Waals surface area contributed by atoms with E-state index in [0.29, 0.717) is 0 Å². The van der Waals surface area contributed by atoms with Gasteiger partial charge in [0.2, 0.25) is 0 Å². The molecule has 10 atom stereocenters. The van der Waals surface area contributed by atoms with Crippen molar-refractivity contribution in [2.75, 3.05) is 55.9 Å². The van der Waals surface area contributed by atoms with Crippen molar-refractivity contribution in [3.05, 3.63) is 0 Å². The van der Waals surface area contributed by atoms with Gasteiger partial charge in [-0.05, 0) is 0 Å². The molecule has 2 heterocycles. The fourth-order valence-electron chi connectivity index (χ4n) is 3.94. The smallest absolute Gasteiger partial charge is 0.187 e. The third-order valence-corrected chi connectivity index (χ3v) is 5.35. The van der Waals surface area contributed by atoms with Crippen LogP contribution in [0.1, 0.15) is 0 Å². The predicted octanol–water partition coefficient (Wildman–Crippen LogP) is -1.51. The Kier molecular flexibility index (Phi) is 10.1. The summed E-state index contributed by atoms with van der Waals surface area (Å²) in [5.41, 5.74) is 6.17. The molecule has 0 bridgehead atoms. The number of aliphatic hydroxyl groups excluding tert-OH is 1. The van der Waals surface area contributed by atoms with Gasteiger partial charge < -0.3 is 53.5 Å². The molecule has 2 rings (SSSR count). The van der Waals surface area contributed by atoms with E-state index in [4.69, 9.17) is 48.4 Å². The Morgan fingerprint density at radius 2 is 1.17 bits per heavy atom. The van der Waals surface area contributed by atoms with Crippen molar-refractivity contribution in [3.8, 4) is 0 Å². The van der Waals surface area contributed by atoms with Crippen molar-refractivity contribution in [2.24, 2.45) is 5.73 Å². The Labute approximate surface area is 171 Å². The van der Waals surface area contributed by atoms with Gasteiger partial charge in [-0.1, -0.05) is 0 Å². The van der Waals surface area contributed by atoms with Crippen LogP contribution in [-0.4, -0.2) is 122 Å². The van der Waals surface area contributed by atoms with Crippen LogP contribution in [0.3, 0.4) is 0 Å². The highest BCUT2D eigenvalue weighted by molar-refractivity contribution is 4.97. The molecule has 11 heteroatoms. The van der Waals surface area contributed by atoms with Gasteiger partial charge in [0, 0.05) is 42.7 Å². The van der Waals surface area contributed by atoms with Crippen LogP contribution in [0.5, 0.6) is 0 Å². The molecule has 2 aliphatic heterocycles. The molecular formula is C18H35NO10. The molecule has 0 aromatic carbocycles. The largest absolute Gasteiger partial charge is 0.382 e. The lowest BCUT2D eigenvalue weighted by Crippen LogP contribution is -2.67. The second kappa shape index (κ2) is 11.8. The van der Waals surface area contributed by atoms with Crippen molar-refractivity contribution in [1.82, 2.24) is 0 Å². The van der Waals surface area contributed by atoms with Crippen LogP contribution in [0.25, 0.3) is 0 Å². The lowest BCUT2D eigenvalue weighted by atomic mass is 9.95. The first-order chi connectivity index (χ1) is 14.0. The quantitative estimate of drug-likeness (QED) is 0.424. The van der Waals surface area contributed by atoms with Crippen molar-refractivity contribution >= 4 is 0 Å². The molecule has 0 radical (unpaired) electrons. The van der Waals surface area contributed by atoms with E-state index in [1.54, 1.807) is 21.3 Å². The third kappa shape index (κ3) is 5.43. The van der Waals surface area contributed by atoms with Gasteiger partial charge in [-0.3, -0.25) is 0 Å². The molecule has 7 unspecified atom stereocenters. The van der Waals surface area contributed by atoms with Crippen molar-refractivity contribution in [3.63, 3.8) is 0 Å². The highest BCUT2D eigenvalue weighted by atomic mass is 16.7. The van der Waals surface area contributed by atoms with Gasteiger partial charge in [0.15, 0.2) is 12.6 Å². The molecule has 11 nitrogen and oxygen atoms in total. The highest BCUT2D eigenvalue weighted by Crippen LogP contribution is 2.32. The van der Waals surface area contributed by atoms with E-state index >= 15 is 0 Å². The first-order valence-electron chi connectivity index (χ1n) is 9.46. The van der Waals surface area contributed by atoms with Gasteiger partial charge in [0.05, 0.1) is 19.3 Å². The third-order valence-electron chi connectivity index (χ3n) is 5.35. The first kappa shape index (κ1) is 24.8. The van der Waals surface area contributed by atoms with E-state index in [2.05, 4.69) is 0 Å². The standard InChI is InChI=1S/C18H35NO10/c1-21-7-9-12(23-3)14(11(19)17(20)27-9)29-18-16(26-6)15(25-5)13(24-4)10(28-18)8-22-2/h9-18,20H,7-8,19H2,1-6H3/t9?,10?,11?,12-,13+,14?,15?,16?,17-,18?/m1/s1. The summed E-state index contributed by atoms with van der Waals surface area (Å²) in [5, 5.41) is 10.3. The molecule has 2 aliphatic rings. The van der Waals surface area contributed by atoms with Gasteiger partial charge in [0.25, 0.3) is 0 Å². The predicted molar refractivity (Wildman–Crippen MR) is 99.3 cm³/mol. The van der Waals surface area contributed by atoms with E-state index in [1.165, 1.54) is 21.3 Å². The highest BCUT2D eigenvalue weighted by Gasteiger charge is 2.52. The van der Waals surface area contributed by atoms with Crippen molar-refractivity contribution in [2.45, 2.75) is 61.3 Å². The zero-order chi connectivity index (χ0) is 21.6. The van der Waals surface area contributed by atoms with Crippen LogP contribution in [0.4, 0.5) is 0 Å². The number of ether oxygens (including phenoxy) is 9. The zero-order valence-electron chi connectivity index (χ0n) is 17.9. The van der Waals surface area contributed by atoms with Gasteiger partial charge >= 0.3 is 0 Å². The monoisotopic (exact) mass is 425 g/mol. The van der Waals surface area contributed by atoms with Crippen LogP contribution >= 0.6 is 0 Å². The zero-order valence-corrected chi connectivity index (χ0v) is 17.9. The minimum atomic E-state index is -1.25. The van der Waals surface area contributed by atoms with Crippen LogP contribution in [0.15, 0.2) is 0 Å². The number of rotatable bonds is 10. The maximum absolute atomic E-state index is 10.3. The van der Waals surface area contributed by atoms with Crippen LogP contribution in [0.2, 0.25) is 0 Å². The molecule has 29 heavy (non-hydrogen) atoms. The van der Waals surface area contributed by atoms with E-state index in [-0.39, 0.29) is 13.2 Å². The van der Waals surface area contributed by atoms with Crippen LogP contribution < -0.4 is 5.73 Å². The second-order valence-electron chi connectivity index (χ2n) is 7.00. The Morgan fingerprint density at radius 1 is 0.690 bits per heavy atom. The van der Waals surface area contributed by atoms with Crippen LogP contribution in [-0.2, 0) is 42.6 Å². The molecule has 2 saturated heterocycles. The molecule has 2 fully saturated rings. The molecule has 3 N–H and O–H groups in total. The van der Waals surface area contributed by atoms with E-state index < -0.39 is 61.3 Å². The minimum absolute atomic E-state index is 0.195. The Hall–Kier alpha value is -0.440. The summed E-state index contributed by atoms with van der Waals surface area (Å²) in [6, 6.07) is -0.879.